The van der Waals surface area contributed by atoms with E-state index in [9.17, 15) is 13.2 Å². The van der Waals surface area contributed by atoms with Crippen molar-refractivity contribution in [3.05, 3.63) is 47.5 Å². The number of carbonyl (C=O) groups excluding carboxylic acids is 1. The van der Waals surface area contributed by atoms with Crippen LogP contribution in [0, 0.1) is 0 Å². The van der Waals surface area contributed by atoms with Crippen LogP contribution in [-0.2, 0) is 34.8 Å². The van der Waals surface area contributed by atoms with Gasteiger partial charge in [0.1, 0.15) is 11.9 Å². The summed E-state index contributed by atoms with van der Waals surface area (Å²) in [5.74, 6) is 0.971. The number of sulfonamides is 1. The number of aromatic nitrogens is 3. The fourth-order valence-electron chi connectivity index (χ4n) is 4.76. The van der Waals surface area contributed by atoms with Crippen molar-refractivity contribution in [2.75, 3.05) is 25.4 Å². The molecule has 0 aliphatic heterocycles. The topological polar surface area (TPSA) is 118 Å². The predicted octanol–water partition coefficient (Wildman–Crippen LogP) is 3.70. The fraction of sp³-hybridized carbons (Fsp3) is 0.667. The minimum atomic E-state index is -3.55. The molecule has 1 saturated carbocycles. The Hall–Kier alpha value is -2.50. The van der Waals surface area contributed by atoms with E-state index < -0.39 is 22.2 Å². The van der Waals surface area contributed by atoms with Gasteiger partial charge in [0.25, 0.3) is 0 Å². The average molecular weight is 549 g/mol. The van der Waals surface area contributed by atoms with E-state index in [4.69, 9.17) is 4.74 Å². The minimum absolute atomic E-state index is 0.0303. The molecule has 1 atom stereocenters. The Kier molecular flexibility index (Phi) is 12.0. The van der Waals surface area contributed by atoms with Crippen molar-refractivity contribution in [1.29, 1.82) is 0 Å². The highest BCUT2D eigenvalue weighted by Crippen LogP contribution is 2.21. The van der Waals surface area contributed by atoms with E-state index in [1.807, 2.05) is 30.3 Å². The number of alkyl carbamates (subject to hydrolysis) is 1. The lowest BCUT2D eigenvalue weighted by Crippen LogP contribution is -2.33. The smallest absolute Gasteiger partial charge is 0.407 e. The van der Waals surface area contributed by atoms with E-state index >= 15 is 0 Å². The van der Waals surface area contributed by atoms with Gasteiger partial charge in [-0.15, -0.1) is 0 Å². The van der Waals surface area contributed by atoms with Crippen LogP contribution >= 0.6 is 0 Å². The average Bonchev–Trinajstić information content (AvgIpc) is 3.29. The van der Waals surface area contributed by atoms with Crippen LogP contribution in [0.2, 0.25) is 0 Å². The Balaban J connectivity index is 1.64. The monoisotopic (exact) mass is 548 g/mol. The summed E-state index contributed by atoms with van der Waals surface area (Å²) >= 11 is 0. The third-order valence-electron chi connectivity index (χ3n) is 7.07. The van der Waals surface area contributed by atoms with Gasteiger partial charge in [-0.25, -0.2) is 22.9 Å². The van der Waals surface area contributed by atoms with Gasteiger partial charge in [-0.1, -0.05) is 50.6 Å². The second-order valence-corrected chi connectivity index (χ2v) is 11.8. The van der Waals surface area contributed by atoms with Crippen molar-refractivity contribution in [2.45, 2.75) is 83.9 Å². The number of benzene rings is 1. The quantitative estimate of drug-likeness (QED) is 0.348. The molecule has 0 saturated heterocycles. The number of rotatable bonds is 15. The molecule has 1 aliphatic rings. The lowest BCUT2D eigenvalue weighted by molar-refractivity contribution is 0.0748. The highest BCUT2D eigenvalue weighted by atomic mass is 32.2. The summed E-state index contributed by atoms with van der Waals surface area (Å²) in [6, 6.07) is 9.36. The standard InChI is InChI=1S/C27H44N6O4S/c1-4-33(5-2)19-12-20-38(35,36)31-24(18-17-22-13-8-6-9-14-22)26-29-25(32(3)30-26)21-28-27(34)37-23-15-10-7-11-16-23/h6,8-9,13-14,23-24,31H,4-5,7,10-12,15-21H2,1-3H3,(H,28,34)/t24-/m1/s1. The van der Waals surface area contributed by atoms with E-state index in [0.29, 0.717) is 30.9 Å². The summed E-state index contributed by atoms with van der Waals surface area (Å²) in [6.45, 7) is 6.82. The lowest BCUT2D eigenvalue weighted by atomic mass is 9.98. The first-order chi connectivity index (χ1) is 18.3. The zero-order valence-corrected chi connectivity index (χ0v) is 23.9. The Morgan fingerprint density at radius 2 is 1.87 bits per heavy atom. The zero-order valence-electron chi connectivity index (χ0n) is 23.1. The third-order valence-corrected chi connectivity index (χ3v) is 8.54. The zero-order chi connectivity index (χ0) is 27.4. The Bertz CT molecular complexity index is 1080. The van der Waals surface area contributed by atoms with Crippen molar-refractivity contribution in [3.8, 4) is 0 Å². The van der Waals surface area contributed by atoms with Crippen molar-refractivity contribution < 1.29 is 17.9 Å². The number of nitrogens with zero attached hydrogens (tertiary/aromatic N) is 4. The maximum atomic E-state index is 13.0. The van der Waals surface area contributed by atoms with Gasteiger partial charge in [-0.2, -0.15) is 5.10 Å². The van der Waals surface area contributed by atoms with Gasteiger partial charge in [-0.3, -0.25) is 4.68 Å². The number of hydrogen-bond donors (Lipinski definition) is 2. The second-order valence-electron chi connectivity index (χ2n) is 9.92. The maximum absolute atomic E-state index is 13.0. The first-order valence-corrected chi connectivity index (χ1v) is 15.6. The molecule has 0 radical (unpaired) electrons. The number of aryl methyl sites for hydroxylation is 2. The molecule has 1 amide bonds. The summed E-state index contributed by atoms with van der Waals surface area (Å²) < 4.78 is 36.0. The first kappa shape index (κ1) is 30.0. The predicted molar refractivity (Wildman–Crippen MR) is 148 cm³/mol. The molecule has 0 bridgehead atoms. The van der Waals surface area contributed by atoms with Crippen LogP contribution in [0.15, 0.2) is 30.3 Å². The van der Waals surface area contributed by atoms with Crippen LogP contribution in [0.1, 0.15) is 82.0 Å². The molecule has 11 heteroatoms. The van der Waals surface area contributed by atoms with Crippen LogP contribution in [0.25, 0.3) is 0 Å². The summed E-state index contributed by atoms with van der Waals surface area (Å²) in [7, 11) is -1.80. The molecular weight excluding hydrogens is 504 g/mol. The summed E-state index contributed by atoms with van der Waals surface area (Å²) in [5, 5.41) is 7.28. The first-order valence-electron chi connectivity index (χ1n) is 13.9. The van der Waals surface area contributed by atoms with Gasteiger partial charge in [0.15, 0.2) is 5.82 Å². The summed E-state index contributed by atoms with van der Waals surface area (Å²) in [6.07, 6.45) is 6.41. The highest BCUT2D eigenvalue weighted by molar-refractivity contribution is 7.89. The van der Waals surface area contributed by atoms with E-state index in [-0.39, 0.29) is 18.4 Å². The largest absolute Gasteiger partial charge is 0.446 e. The molecule has 2 N–H and O–H groups in total. The van der Waals surface area contributed by atoms with E-state index in [1.165, 1.54) is 6.42 Å². The number of amides is 1. The second kappa shape index (κ2) is 15.2. The van der Waals surface area contributed by atoms with Crippen molar-refractivity contribution in [1.82, 2.24) is 29.7 Å². The SMILES string of the molecule is CCN(CC)CCCS(=O)(=O)N[C@H](CCc1ccccc1)c1nc(CNC(=O)OC2CCCCC2)n(C)n1. The fourth-order valence-corrected chi connectivity index (χ4v) is 6.04. The van der Waals surface area contributed by atoms with E-state index in [0.717, 1.165) is 50.9 Å². The summed E-state index contributed by atoms with van der Waals surface area (Å²) in [5.41, 5.74) is 1.11. The molecule has 0 spiro atoms. The van der Waals surface area contributed by atoms with Gasteiger partial charge in [-0.05, 0) is 70.1 Å². The van der Waals surface area contributed by atoms with Crippen LogP contribution in [-0.4, -0.2) is 65.7 Å². The van der Waals surface area contributed by atoms with Crippen LogP contribution < -0.4 is 10.0 Å². The highest BCUT2D eigenvalue weighted by Gasteiger charge is 2.25. The van der Waals surface area contributed by atoms with Crippen LogP contribution in [0.4, 0.5) is 4.79 Å². The normalized spacial score (nSPS) is 15.5. The Morgan fingerprint density at radius 1 is 1.16 bits per heavy atom. The molecular formula is C27H44N6O4S. The van der Waals surface area contributed by atoms with E-state index in [1.54, 1.807) is 11.7 Å². The Morgan fingerprint density at radius 3 is 2.55 bits per heavy atom. The van der Waals surface area contributed by atoms with Gasteiger partial charge >= 0.3 is 6.09 Å². The lowest BCUT2D eigenvalue weighted by Gasteiger charge is -2.21. The molecule has 0 unspecified atom stereocenters. The molecule has 212 valence electrons. The molecule has 2 aromatic rings. The maximum Gasteiger partial charge on any atom is 0.407 e. The molecule has 1 heterocycles. The third kappa shape index (κ3) is 9.99. The van der Waals surface area contributed by atoms with Crippen molar-refractivity contribution >= 4 is 16.1 Å². The summed E-state index contributed by atoms with van der Waals surface area (Å²) in [4.78, 5) is 19.1. The molecule has 1 aromatic carbocycles. The van der Waals surface area contributed by atoms with Crippen molar-refractivity contribution in [3.63, 3.8) is 0 Å². The van der Waals surface area contributed by atoms with Crippen molar-refractivity contribution in [2.24, 2.45) is 7.05 Å². The molecule has 1 fully saturated rings. The molecule has 10 nitrogen and oxygen atoms in total. The number of hydrogen-bond acceptors (Lipinski definition) is 7. The number of nitrogens with one attached hydrogen (secondary N) is 2. The minimum Gasteiger partial charge on any atom is -0.446 e. The number of ether oxygens (including phenoxy) is 1. The molecule has 1 aromatic heterocycles. The van der Waals surface area contributed by atoms with E-state index in [2.05, 4.69) is 38.9 Å². The molecule has 3 rings (SSSR count). The Labute approximate surface area is 227 Å². The van der Waals surface area contributed by atoms with Gasteiger partial charge in [0, 0.05) is 7.05 Å². The molecule has 1 aliphatic carbocycles. The van der Waals surface area contributed by atoms with Gasteiger partial charge < -0.3 is 15.0 Å². The van der Waals surface area contributed by atoms with Crippen LogP contribution in [0.3, 0.4) is 0 Å². The van der Waals surface area contributed by atoms with Gasteiger partial charge in [0.2, 0.25) is 10.0 Å². The van der Waals surface area contributed by atoms with Gasteiger partial charge in [0.05, 0.1) is 18.3 Å². The molecule has 38 heavy (non-hydrogen) atoms. The van der Waals surface area contributed by atoms with Crippen LogP contribution in [0.5, 0.6) is 0 Å². The number of carbonyl (C=O) groups is 1.